The molecule has 8 heteroatoms. The molecular formula is C19H21N5O2S. The largest absolute Gasteiger partial charge is 0.473 e. The second kappa shape index (κ2) is 7.48. The van der Waals surface area contributed by atoms with E-state index in [1.165, 1.54) is 11.3 Å². The normalized spacial score (nSPS) is 15.1. The van der Waals surface area contributed by atoms with E-state index in [0.29, 0.717) is 23.8 Å². The second-order valence-electron chi connectivity index (χ2n) is 6.62. The average molecular weight is 383 g/mol. The molecule has 0 aliphatic carbocycles. The summed E-state index contributed by atoms with van der Waals surface area (Å²) >= 11 is 1.43. The minimum atomic E-state index is 0.0528. The number of thiazole rings is 1. The van der Waals surface area contributed by atoms with Gasteiger partial charge in [0.1, 0.15) is 11.0 Å². The molecular weight excluding hydrogens is 362 g/mol. The molecule has 0 N–H and O–H groups in total. The van der Waals surface area contributed by atoms with E-state index in [9.17, 15) is 4.79 Å². The number of carbonyl (C=O) groups is 1. The molecule has 4 rings (SSSR count). The van der Waals surface area contributed by atoms with Gasteiger partial charge in [-0.1, -0.05) is 11.3 Å². The van der Waals surface area contributed by atoms with Crippen LogP contribution in [0.1, 0.15) is 33.9 Å². The maximum absolute atomic E-state index is 12.9. The molecule has 0 saturated carbocycles. The first kappa shape index (κ1) is 17.7. The van der Waals surface area contributed by atoms with E-state index >= 15 is 0 Å². The smallest absolute Gasteiger partial charge is 0.265 e. The fourth-order valence-electron chi connectivity index (χ4n) is 3.09. The van der Waals surface area contributed by atoms with Crippen molar-refractivity contribution in [3.05, 3.63) is 52.9 Å². The summed E-state index contributed by atoms with van der Waals surface area (Å²) in [4.78, 5) is 20.1. The van der Waals surface area contributed by atoms with Gasteiger partial charge in [0.2, 0.25) is 5.88 Å². The average Bonchev–Trinajstić information content (AvgIpc) is 3.33. The molecule has 0 aromatic carbocycles. The Hall–Kier alpha value is -2.74. The first-order chi connectivity index (χ1) is 13.1. The summed E-state index contributed by atoms with van der Waals surface area (Å²) in [5, 5.41) is 8.88. The van der Waals surface area contributed by atoms with Crippen LogP contribution in [0.2, 0.25) is 0 Å². The summed E-state index contributed by atoms with van der Waals surface area (Å²) in [6.45, 7) is 5.12. The molecule has 3 aromatic rings. The Balaban J connectivity index is 1.38. The van der Waals surface area contributed by atoms with Crippen molar-refractivity contribution in [2.75, 3.05) is 13.1 Å². The van der Waals surface area contributed by atoms with Crippen molar-refractivity contribution in [3.8, 4) is 11.0 Å². The summed E-state index contributed by atoms with van der Waals surface area (Å²) in [6.07, 6.45) is 5.49. The Labute approximate surface area is 161 Å². The Morgan fingerprint density at radius 3 is 2.56 bits per heavy atom. The highest BCUT2D eigenvalue weighted by Crippen LogP contribution is 2.25. The van der Waals surface area contributed by atoms with Crippen molar-refractivity contribution in [3.63, 3.8) is 0 Å². The van der Waals surface area contributed by atoms with Gasteiger partial charge in [-0.3, -0.25) is 4.79 Å². The van der Waals surface area contributed by atoms with Gasteiger partial charge >= 0.3 is 0 Å². The SMILES string of the molecule is Cc1ccc(OC2CCN(C(=O)c3sc(-n4cccc4)nc3C)CC2)nn1. The summed E-state index contributed by atoms with van der Waals surface area (Å²) in [5.74, 6) is 0.594. The number of rotatable bonds is 4. The molecule has 27 heavy (non-hydrogen) atoms. The van der Waals surface area contributed by atoms with Gasteiger partial charge in [0.25, 0.3) is 5.91 Å². The number of carbonyl (C=O) groups excluding carboxylic acids is 1. The minimum absolute atomic E-state index is 0.0528. The number of likely N-dealkylation sites (tertiary alicyclic amines) is 1. The quantitative estimate of drug-likeness (QED) is 0.692. The Morgan fingerprint density at radius 2 is 1.89 bits per heavy atom. The fraction of sp³-hybridized carbons (Fsp3) is 0.368. The van der Waals surface area contributed by atoms with Gasteiger partial charge in [-0.2, -0.15) is 5.10 Å². The highest BCUT2D eigenvalue weighted by atomic mass is 32.1. The lowest BCUT2D eigenvalue weighted by atomic mass is 10.1. The molecule has 0 spiro atoms. The van der Waals surface area contributed by atoms with Crippen LogP contribution >= 0.6 is 11.3 Å². The summed E-state index contributed by atoms with van der Waals surface area (Å²) < 4.78 is 7.82. The summed E-state index contributed by atoms with van der Waals surface area (Å²) in [6, 6.07) is 7.61. The van der Waals surface area contributed by atoms with Crippen LogP contribution in [-0.2, 0) is 0 Å². The van der Waals surface area contributed by atoms with Gasteiger partial charge in [0.05, 0.1) is 11.4 Å². The van der Waals surface area contributed by atoms with Crippen LogP contribution < -0.4 is 4.74 Å². The summed E-state index contributed by atoms with van der Waals surface area (Å²) in [7, 11) is 0. The van der Waals surface area contributed by atoms with Gasteiger partial charge in [-0.15, -0.1) is 5.10 Å². The monoisotopic (exact) mass is 383 g/mol. The standard InChI is InChI=1S/C19H21N5O2S/c1-13-5-6-16(22-21-13)26-15-7-11-23(12-8-15)18(25)17-14(2)20-19(27-17)24-9-3-4-10-24/h3-6,9-10,15H,7-8,11-12H2,1-2H3. The zero-order valence-corrected chi connectivity index (χ0v) is 16.1. The zero-order valence-electron chi connectivity index (χ0n) is 15.3. The van der Waals surface area contributed by atoms with E-state index in [2.05, 4.69) is 15.2 Å². The number of amides is 1. The Kier molecular flexibility index (Phi) is 4.89. The molecule has 3 aromatic heterocycles. The number of ether oxygens (including phenoxy) is 1. The fourth-order valence-corrected chi connectivity index (χ4v) is 4.10. The molecule has 1 fully saturated rings. The Bertz CT molecular complexity index is 912. The van der Waals surface area contributed by atoms with Crippen LogP contribution in [-0.4, -0.2) is 49.7 Å². The van der Waals surface area contributed by atoms with Crippen LogP contribution in [0.3, 0.4) is 0 Å². The molecule has 1 aliphatic rings. The number of aryl methyl sites for hydroxylation is 2. The molecule has 4 heterocycles. The van der Waals surface area contributed by atoms with Crippen molar-refractivity contribution in [1.82, 2.24) is 24.6 Å². The lowest BCUT2D eigenvalue weighted by Crippen LogP contribution is -2.41. The molecule has 0 radical (unpaired) electrons. The Morgan fingerprint density at radius 1 is 1.15 bits per heavy atom. The van der Waals surface area contributed by atoms with Crippen molar-refractivity contribution < 1.29 is 9.53 Å². The lowest BCUT2D eigenvalue weighted by Gasteiger charge is -2.31. The van der Waals surface area contributed by atoms with Gasteiger partial charge in [-0.05, 0) is 32.0 Å². The molecule has 0 bridgehead atoms. The van der Waals surface area contributed by atoms with Gasteiger partial charge in [0, 0.05) is 44.4 Å². The molecule has 1 saturated heterocycles. The van der Waals surface area contributed by atoms with Gasteiger partial charge < -0.3 is 14.2 Å². The predicted octanol–water partition coefficient (Wildman–Crippen LogP) is 3.02. The van der Waals surface area contributed by atoms with Crippen LogP contribution in [0.25, 0.3) is 5.13 Å². The number of hydrogen-bond donors (Lipinski definition) is 0. The van der Waals surface area contributed by atoms with E-state index in [-0.39, 0.29) is 12.0 Å². The highest BCUT2D eigenvalue weighted by molar-refractivity contribution is 7.16. The third kappa shape index (κ3) is 3.85. The molecule has 0 atom stereocenters. The minimum Gasteiger partial charge on any atom is -0.473 e. The molecule has 7 nitrogen and oxygen atoms in total. The molecule has 1 aliphatic heterocycles. The number of hydrogen-bond acceptors (Lipinski definition) is 6. The van der Waals surface area contributed by atoms with E-state index in [0.717, 1.165) is 29.4 Å². The number of nitrogens with zero attached hydrogens (tertiary/aromatic N) is 5. The maximum Gasteiger partial charge on any atom is 0.265 e. The van der Waals surface area contributed by atoms with E-state index in [1.54, 1.807) is 0 Å². The summed E-state index contributed by atoms with van der Waals surface area (Å²) in [5.41, 5.74) is 1.64. The topological polar surface area (TPSA) is 73.1 Å². The lowest BCUT2D eigenvalue weighted by molar-refractivity contribution is 0.0589. The van der Waals surface area contributed by atoms with Crippen LogP contribution in [0.4, 0.5) is 0 Å². The number of piperidine rings is 1. The van der Waals surface area contributed by atoms with Crippen molar-refractivity contribution in [2.24, 2.45) is 0 Å². The number of aromatic nitrogens is 4. The van der Waals surface area contributed by atoms with Crippen molar-refractivity contribution in [2.45, 2.75) is 32.8 Å². The van der Waals surface area contributed by atoms with Crippen LogP contribution in [0.5, 0.6) is 5.88 Å². The molecule has 1 amide bonds. The molecule has 0 unspecified atom stereocenters. The third-order valence-corrected chi connectivity index (χ3v) is 5.75. The third-order valence-electron chi connectivity index (χ3n) is 4.59. The van der Waals surface area contributed by atoms with Gasteiger partial charge in [0.15, 0.2) is 5.13 Å². The van der Waals surface area contributed by atoms with Gasteiger partial charge in [-0.25, -0.2) is 4.98 Å². The highest BCUT2D eigenvalue weighted by Gasteiger charge is 2.27. The van der Waals surface area contributed by atoms with Crippen LogP contribution in [0, 0.1) is 13.8 Å². The zero-order chi connectivity index (χ0) is 18.8. The first-order valence-electron chi connectivity index (χ1n) is 8.97. The van der Waals surface area contributed by atoms with E-state index < -0.39 is 0 Å². The predicted molar refractivity (Wildman–Crippen MR) is 103 cm³/mol. The van der Waals surface area contributed by atoms with E-state index in [4.69, 9.17) is 4.74 Å². The molecule has 140 valence electrons. The van der Waals surface area contributed by atoms with E-state index in [1.807, 2.05) is 60.0 Å². The van der Waals surface area contributed by atoms with Crippen molar-refractivity contribution in [1.29, 1.82) is 0 Å². The van der Waals surface area contributed by atoms with Crippen molar-refractivity contribution >= 4 is 17.2 Å². The maximum atomic E-state index is 12.9. The first-order valence-corrected chi connectivity index (χ1v) is 9.79. The second-order valence-corrected chi connectivity index (χ2v) is 7.60. The van der Waals surface area contributed by atoms with Crippen LogP contribution in [0.15, 0.2) is 36.7 Å².